The molecule has 0 aliphatic heterocycles. The lowest BCUT2D eigenvalue weighted by Gasteiger charge is -2.12. The largest absolute Gasteiger partial charge is 0.455 e. The zero-order chi connectivity index (χ0) is 18.6. The average molecular weight is 355 g/mol. The van der Waals surface area contributed by atoms with Crippen LogP contribution in [0.1, 0.15) is 5.56 Å². The van der Waals surface area contributed by atoms with E-state index in [0.717, 1.165) is 29.3 Å². The van der Waals surface area contributed by atoms with Crippen molar-refractivity contribution < 1.29 is 22.7 Å². The first-order valence-electron chi connectivity index (χ1n) is 7.60. The number of halogens is 3. The van der Waals surface area contributed by atoms with E-state index < -0.39 is 11.7 Å². The Bertz CT molecular complexity index is 945. The van der Waals surface area contributed by atoms with E-state index in [1.165, 1.54) is 6.08 Å². The van der Waals surface area contributed by atoms with E-state index in [4.69, 9.17) is 4.74 Å². The van der Waals surface area contributed by atoms with Crippen LogP contribution < -0.4 is 4.74 Å². The van der Waals surface area contributed by atoms with Crippen molar-refractivity contribution in [3.8, 4) is 22.6 Å². The van der Waals surface area contributed by atoms with Crippen LogP contribution in [0.5, 0.6) is 11.5 Å². The number of rotatable bonds is 4. The molecule has 0 unspecified atom stereocenters. The van der Waals surface area contributed by atoms with Crippen molar-refractivity contribution in [2.75, 3.05) is 0 Å². The highest BCUT2D eigenvalue weighted by atomic mass is 19.4. The van der Waals surface area contributed by atoms with Crippen molar-refractivity contribution in [2.24, 2.45) is 4.99 Å². The zero-order valence-corrected chi connectivity index (χ0v) is 13.3. The number of benzene rings is 3. The van der Waals surface area contributed by atoms with Crippen molar-refractivity contribution in [1.29, 1.82) is 0 Å². The standard InChI is InChI=1S/C20H12F3NO2/c21-20(22,23)16-8-11-19(18(12-16)24-13-25)26-17-9-6-15(7-10-17)14-4-2-1-3-5-14/h1-12H. The van der Waals surface area contributed by atoms with Gasteiger partial charge in [-0.25, -0.2) is 4.79 Å². The van der Waals surface area contributed by atoms with E-state index >= 15 is 0 Å². The quantitative estimate of drug-likeness (QED) is 0.417. The predicted octanol–water partition coefficient (Wildman–Crippen LogP) is 6.13. The van der Waals surface area contributed by atoms with Crippen LogP contribution >= 0.6 is 0 Å². The monoisotopic (exact) mass is 355 g/mol. The van der Waals surface area contributed by atoms with Crippen LogP contribution in [0.25, 0.3) is 11.1 Å². The molecule has 0 saturated carbocycles. The second kappa shape index (κ2) is 7.25. The Hall–Kier alpha value is -3.37. The molecule has 0 atom stereocenters. The van der Waals surface area contributed by atoms with E-state index in [1.807, 2.05) is 42.5 Å². The first-order chi connectivity index (χ1) is 12.5. The Morgan fingerprint density at radius 2 is 1.50 bits per heavy atom. The molecule has 3 aromatic carbocycles. The van der Waals surface area contributed by atoms with Gasteiger partial charge in [0.2, 0.25) is 6.08 Å². The SMILES string of the molecule is O=C=Nc1cc(C(F)(F)F)ccc1Oc1ccc(-c2ccccc2)cc1. The summed E-state index contributed by atoms with van der Waals surface area (Å²) in [5, 5.41) is 0. The molecular weight excluding hydrogens is 343 g/mol. The van der Waals surface area contributed by atoms with Crippen molar-refractivity contribution in [3.63, 3.8) is 0 Å². The highest BCUT2D eigenvalue weighted by Crippen LogP contribution is 2.38. The molecule has 0 amide bonds. The molecule has 130 valence electrons. The minimum atomic E-state index is -4.54. The van der Waals surface area contributed by atoms with Crippen LogP contribution in [0.3, 0.4) is 0 Å². The number of carbonyl (C=O) groups excluding carboxylic acids is 1. The lowest BCUT2D eigenvalue weighted by molar-refractivity contribution is -0.137. The molecule has 0 aliphatic carbocycles. The van der Waals surface area contributed by atoms with E-state index in [2.05, 4.69) is 4.99 Å². The van der Waals surface area contributed by atoms with Gasteiger partial charge in [-0.3, -0.25) is 0 Å². The molecule has 0 spiro atoms. The Labute approximate surface area is 147 Å². The van der Waals surface area contributed by atoms with E-state index in [9.17, 15) is 18.0 Å². The fraction of sp³-hybridized carbons (Fsp3) is 0.0500. The van der Waals surface area contributed by atoms with Gasteiger partial charge in [0.25, 0.3) is 0 Å². The predicted molar refractivity (Wildman–Crippen MR) is 91.2 cm³/mol. The molecule has 0 aliphatic rings. The Morgan fingerprint density at radius 1 is 0.846 bits per heavy atom. The van der Waals surface area contributed by atoms with Gasteiger partial charge >= 0.3 is 6.18 Å². The van der Waals surface area contributed by atoms with Gasteiger partial charge in [0.1, 0.15) is 11.4 Å². The van der Waals surface area contributed by atoms with E-state index in [0.29, 0.717) is 5.75 Å². The highest BCUT2D eigenvalue weighted by molar-refractivity contribution is 5.65. The summed E-state index contributed by atoms with van der Waals surface area (Å²) in [4.78, 5) is 13.8. The zero-order valence-electron chi connectivity index (χ0n) is 13.3. The molecule has 3 nitrogen and oxygen atoms in total. The second-order valence-corrected chi connectivity index (χ2v) is 5.38. The molecule has 0 bridgehead atoms. The third-order valence-electron chi connectivity index (χ3n) is 3.64. The number of hydrogen-bond donors (Lipinski definition) is 0. The third kappa shape index (κ3) is 3.99. The van der Waals surface area contributed by atoms with Crippen LogP contribution in [-0.2, 0) is 11.0 Å². The van der Waals surface area contributed by atoms with Crippen molar-refractivity contribution in [2.45, 2.75) is 6.18 Å². The first kappa shape index (κ1) is 17.5. The number of aliphatic imine (C=N–C) groups is 1. The lowest BCUT2D eigenvalue weighted by atomic mass is 10.1. The van der Waals surface area contributed by atoms with Crippen molar-refractivity contribution in [1.82, 2.24) is 0 Å². The molecule has 0 N–H and O–H groups in total. The van der Waals surface area contributed by atoms with Crippen LogP contribution in [0, 0.1) is 0 Å². The van der Waals surface area contributed by atoms with Crippen molar-refractivity contribution in [3.05, 3.63) is 78.4 Å². The summed E-state index contributed by atoms with van der Waals surface area (Å²) >= 11 is 0. The summed E-state index contributed by atoms with van der Waals surface area (Å²) in [5.41, 5.74) is 0.844. The molecular formula is C20H12F3NO2. The fourth-order valence-corrected chi connectivity index (χ4v) is 2.39. The Kier molecular flexibility index (Phi) is 4.87. The third-order valence-corrected chi connectivity index (χ3v) is 3.64. The summed E-state index contributed by atoms with van der Waals surface area (Å²) in [6.45, 7) is 0. The van der Waals surface area contributed by atoms with Gasteiger partial charge in [0.05, 0.1) is 5.56 Å². The molecule has 0 fully saturated rings. The maximum Gasteiger partial charge on any atom is 0.416 e. The van der Waals surface area contributed by atoms with Crippen LogP contribution in [0.15, 0.2) is 77.8 Å². The number of alkyl halides is 3. The highest BCUT2D eigenvalue weighted by Gasteiger charge is 2.31. The van der Waals surface area contributed by atoms with Gasteiger partial charge in [-0.05, 0) is 41.5 Å². The topological polar surface area (TPSA) is 38.7 Å². The fourth-order valence-electron chi connectivity index (χ4n) is 2.39. The van der Waals surface area contributed by atoms with Crippen LogP contribution in [0.2, 0.25) is 0 Å². The van der Waals surface area contributed by atoms with E-state index in [1.54, 1.807) is 12.1 Å². The summed E-state index contributed by atoms with van der Waals surface area (Å²) in [6.07, 6.45) is -3.29. The number of ether oxygens (including phenoxy) is 1. The maximum absolute atomic E-state index is 12.8. The number of nitrogens with zero attached hydrogens (tertiary/aromatic N) is 1. The van der Waals surface area contributed by atoms with Gasteiger partial charge < -0.3 is 4.74 Å². The molecule has 0 heterocycles. The molecule has 0 radical (unpaired) electrons. The first-order valence-corrected chi connectivity index (χ1v) is 7.60. The number of hydrogen-bond acceptors (Lipinski definition) is 3. The van der Waals surface area contributed by atoms with Gasteiger partial charge in [-0.2, -0.15) is 18.2 Å². The molecule has 26 heavy (non-hydrogen) atoms. The average Bonchev–Trinajstić information content (AvgIpc) is 2.64. The van der Waals surface area contributed by atoms with Gasteiger partial charge in [-0.1, -0.05) is 42.5 Å². The summed E-state index contributed by atoms with van der Waals surface area (Å²) in [6, 6.07) is 19.5. The molecule has 0 aromatic heterocycles. The minimum Gasteiger partial charge on any atom is -0.455 e. The Morgan fingerprint density at radius 3 is 2.12 bits per heavy atom. The van der Waals surface area contributed by atoms with Gasteiger partial charge in [0, 0.05) is 0 Å². The van der Waals surface area contributed by atoms with Crippen molar-refractivity contribution >= 4 is 11.8 Å². The lowest BCUT2D eigenvalue weighted by Crippen LogP contribution is -2.04. The summed E-state index contributed by atoms with van der Waals surface area (Å²) in [7, 11) is 0. The molecule has 3 aromatic rings. The molecule has 6 heteroatoms. The maximum atomic E-state index is 12.8. The van der Waals surface area contributed by atoms with E-state index in [-0.39, 0.29) is 11.4 Å². The summed E-state index contributed by atoms with van der Waals surface area (Å²) < 4.78 is 44.0. The smallest absolute Gasteiger partial charge is 0.416 e. The minimum absolute atomic E-state index is 0.0359. The van der Waals surface area contributed by atoms with Crippen LogP contribution in [0.4, 0.5) is 18.9 Å². The molecule has 3 rings (SSSR count). The summed E-state index contributed by atoms with van der Waals surface area (Å²) in [5.74, 6) is 0.445. The van der Waals surface area contributed by atoms with Gasteiger partial charge in [-0.15, -0.1) is 0 Å². The molecule has 0 saturated heterocycles. The Balaban J connectivity index is 1.87. The number of isocyanates is 1. The normalized spacial score (nSPS) is 10.9. The van der Waals surface area contributed by atoms with Gasteiger partial charge in [0.15, 0.2) is 5.75 Å². The van der Waals surface area contributed by atoms with Crippen LogP contribution in [-0.4, -0.2) is 6.08 Å². The second-order valence-electron chi connectivity index (χ2n) is 5.38.